The van der Waals surface area contributed by atoms with Crippen LogP contribution in [-0.4, -0.2) is 68.7 Å². The zero-order chi connectivity index (χ0) is 16.9. The molecule has 0 saturated carbocycles. The van der Waals surface area contributed by atoms with Gasteiger partial charge in [-0.15, -0.1) is 0 Å². The molecule has 130 valence electrons. The van der Waals surface area contributed by atoms with Crippen LogP contribution in [0.25, 0.3) is 0 Å². The summed E-state index contributed by atoms with van der Waals surface area (Å²) in [5.41, 5.74) is 1.16. The minimum atomic E-state index is -3.19. The summed E-state index contributed by atoms with van der Waals surface area (Å²) < 4.78 is 27.2. The van der Waals surface area contributed by atoms with E-state index in [1.807, 2.05) is 33.3 Å². The van der Waals surface area contributed by atoms with Gasteiger partial charge in [0.15, 0.2) is 0 Å². The summed E-state index contributed by atoms with van der Waals surface area (Å²) in [5.74, 6) is 0.495. The normalized spacial score (nSPS) is 22.8. The van der Waals surface area contributed by atoms with E-state index in [4.69, 9.17) is 0 Å². The number of hydrogen-bond acceptors (Lipinski definition) is 5. The van der Waals surface area contributed by atoms with Gasteiger partial charge in [-0.3, -0.25) is 9.88 Å². The monoisotopic (exact) mass is 340 g/mol. The van der Waals surface area contributed by atoms with Crippen molar-refractivity contribution in [3.05, 3.63) is 30.1 Å². The summed E-state index contributed by atoms with van der Waals surface area (Å²) in [5, 5.41) is 0. The topological polar surface area (TPSA) is 65.5 Å². The van der Waals surface area contributed by atoms with Gasteiger partial charge in [0, 0.05) is 50.5 Å². The molecule has 7 heteroatoms. The Kier molecular flexibility index (Phi) is 6.52. The van der Waals surface area contributed by atoms with Crippen LogP contribution in [0.2, 0.25) is 0 Å². The quantitative estimate of drug-likeness (QED) is 0.757. The molecule has 0 aliphatic carbocycles. The number of rotatable bonds is 8. The molecule has 1 N–H and O–H groups in total. The van der Waals surface area contributed by atoms with Crippen LogP contribution in [0.5, 0.6) is 0 Å². The Morgan fingerprint density at radius 2 is 2.17 bits per heavy atom. The van der Waals surface area contributed by atoms with E-state index in [9.17, 15) is 8.42 Å². The first-order chi connectivity index (χ1) is 10.9. The van der Waals surface area contributed by atoms with Crippen LogP contribution >= 0.6 is 0 Å². The smallest absolute Gasteiger partial charge is 0.211 e. The maximum Gasteiger partial charge on any atom is 0.211 e. The minimum absolute atomic E-state index is 0.0226. The molecular weight excluding hydrogens is 312 g/mol. The molecule has 0 radical (unpaired) electrons. The fraction of sp³-hybridized carbons (Fsp3) is 0.688. The molecular formula is C16H28N4O2S. The average Bonchev–Trinajstić information content (AvgIpc) is 2.79. The highest BCUT2D eigenvalue weighted by Crippen LogP contribution is 2.21. The van der Waals surface area contributed by atoms with Crippen molar-refractivity contribution in [1.82, 2.24) is 19.5 Å². The van der Waals surface area contributed by atoms with E-state index < -0.39 is 10.0 Å². The second-order valence-corrected chi connectivity index (χ2v) is 8.49. The molecule has 0 amide bonds. The van der Waals surface area contributed by atoms with Gasteiger partial charge in [0.05, 0.1) is 5.75 Å². The van der Waals surface area contributed by atoms with E-state index in [2.05, 4.69) is 25.6 Å². The summed E-state index contributed by atoms with van der Waals surface area (Å²) >= 11 is 0. The summed E-state index contributed by atoms with van der Waals surface area (Å²) in [4.78, 5) is 8.58. The predicted octanol–water partition coefficient (Wildman–Crippen LogP) is 0.773. The third-order valence-corrected chi connectivity index (χ3v) is 5.66. The first-order valence-electron chi connectivity index (χ1n) is 8.15. The second kappa shape index (κ2) is 8.19. The van der Waals surface area contributed by atoms with Crippen molar-refractivity contribution in [3.63, 3.8) is 0 Å². The van der Waals surface area contributed by atoms with Crippen LogP contribution in [0.4, 0.5) is 0 Å². The number of pyridine rings is 1. The third kappa shape index (κ3) is 5.84. The zero-order valence-electron chi connectivity index (χ0n) is 14.3. The van der Waals surface area contributed by atoms with Crippen LogP contribution in [0.1, 0.15) is 18.9 Å². The minimum Gasteiger partial charge on any atom is -0.309 e. The Balaban J connectivity index is 2.03. The molecule has 2 heterocycles. The van der Waals surface area contributed by atoms with E-state index in [1.165, 1.54) is 0 Å². The molecule has 0 unspecified atom stereocenters. The van der Waals surface area contributed by atoms with Crippen molar-refractivity contribution >= 4 is 10.0 Å². The molecule has 2 atom stereocenters. The lowest BCUT2D eigenvalue weighted by Gasteiger charge is -2.22. The molecule has 6 nitrogen and oxygen atoms in total. The van der Waals surface area contributed by atoms with Crippen molar-refractivity contribution in [2.45, 2.75) is 25.9 Å². The van der Waals surface area contributed by atoms with E-state index >= 15 is 0 Å². The van der Waals surface area contributed by atoms with E-state index in [0.29, 0.717) is 12.3 Å². The summed E-state index contributed by atoms with van der Waals surface area (Å²) in [7, 11) is 0.871. The van der Waals surface area contributed by atoms with Gasteiger partial charge in [0.1, 0.15) is 0 Å². The van der Waals surface area contributed by atoms with Crippen LogP contribution in [0, 0.1) is 5.92 Å². The van der Waals surface area contributed by atoms with Gasteiger partial charge in [0.25, 0.3) is 0 Å². The van der Waals surface area contributed by atoms with Gasteiger partial charge < -0.3 is 4.90 Å². The summed E-state index contributed by atoms with van der Waals surface area (Å²) in [6.45, 7) is 5.22. The van der Waals surface area contributed by atoms with Crippen LogP contribution in [-0.2, 0) is 16.6 Å². The van der Waals surface area contributed by atoms with Crippen molar-refractivity contribution in [1.29, 1.82) is 0 Å². The van der Waals surface area contributed by atoms with Crippen molar-refractivity contribution in [3.8, 4) is 0 Å². The van der Waals surface area contributed by atoms with Gasteiger partial charge in [-0.2, -0.15) is 0 Å². The lowest BCUT2D eigenvalue weighted by atomic mass is 10.0. The van der Waals surface area contributed by atoms with Gasteiger partial charge >= 0.3 is 0 Å². The third-order valence-electron chi connectivity index (χ3n) is 4.05. The number of sulfonamides is 1. The van der Waals surface area contributed by atoms with Gasteiger partial charge in [0.2, 0.25) is 10.0 Å². The van der Waals surface area contributed by atoms with E-state index in [0.717, 1.165) is 31.7 Å². The van der Waals surface area contributed by atoms with Gasteiger partial charge in [-0.1, -0.05) is 13.0 Å². The number of aromatic nitrogens is 1. The molecule has 1 aromatic heterocycles. The Bertz CT molecular complexity index is 577. The Hall–Kier alpha value is -1.02. The van der Waals surface area contributed by atoms with Crippen LogP contribution in [0.3, 0.4) is 0 Å². The highest BCUT2D eigenvalue weighted by Gasteiger charge is 2.35. The molecule has 1 aliphatic heterocycles. The lowest BCUT2D eigenvalue weighted by Crippen LogP contribution is -2.44. The maximum atomic E-state index is 12.1. The zero-order valence-corrected chi connectivity index (χ0v) is 15.1. The van der Waals surface area contributed by atoms with E-state index in [1.54, 1.807) is 6.20 Å². The van der Waals surface area contributed by atoms with E-state index in [-0.39, 0.29) is 11.8 Å². The molecule has 0 bridgehead atoms. The Morgan fingerprint density at radius 1 is 1.39 bits per heavy atom. The predicted molar refractivity (Wildman–Crippen MR) is 92.6 cm³/mol. The SMILES string of the molecule is CCCS(=O)(=O)N[C@@H]1CN(Cc2cccnc2)C[C@H]1CN(C)C. The lowest BCUT2D eigenvalue weighted by molar-refractivity contribution is 0.283. The molecule has 1 aliphatic rings. The largest absolute Gasteiger partial charge is 0.309 e. The molecule has 0 spiro atoms. The van der Waals surface area contributed by atoms with Crippen LogP contribution in [0.15, 0.2) is 24.5 Å². The van der Waals surface area contributed by atoms with Crippen molar-refractivity contribution < 1.29 is 8.42 Å². The fourth-order valence-corrected chi connectivity index (χ4v) is 4.57. The van der Waals surface area contributed by atoms with Gasteiger partial charge in [-0.05, 0) is 32.1 Å². The number of hydrogen-bond donors (Lipinski definition) is 1. The highest BCUT2D eigenvalue weighted by molar-refractivity contribution is 7.89. The van der Waals surface area contributed by atoms with Crippen molar-refractivity contribution in [2.75, 3.05) is 39.5 Å². The second-order valence-electron chi connectivity index (χ2n) is 6.62. The maximum absolute atomic E-state index is 12.1. The average molecular weight is 340 g/mol. The Labute approximate surface area is 139 Å². The number of nitrogens with zero attached hydrogens (tertiary/aromatic N) is 3. The molecule has 23 heavy (non-hydrogen) atoms. The summed E-state index contributed by atoms with van der Waals surface area (Å²) in [6, 6.07) is 3.97. The summed E-state index contributed by atoms with van der Waals surface area (Å²) in [6.07, 6.45) is 4.28. The fourth-order valence-electron chi connectivity index (χ4n) is 3.19. The molecule has 1 fully saturated rings. The first kappa shape index (κ1) is 18.3. The molecule has 1 saturated heterocycles. The highest BCUT2D eigenvalue weighted by atomic mass is 32.2. The molecule has 2 rings (SSSR count). The molecule has 0 aromatic carbocycles. The van der Waals surface area contributed by atoms with Crippen LogP contribution < -0.4 is 4.72 Å². The first-order valence-corrected chi connectivity index (χ1v) is 9.81. The number of likely N-dealkylation sites (tertiary alicyclic amines) is 1. The standard InChI is InChI=1S/C16H28N4O2S/c1-4-8-23(21,22)18-16-13-20(12-15(16)11-19(2)3)10-14-6-5-7-17-9-14/h5-7,9,15-16,18H,4,8,10-13H2,1-3H3/t15-,16-/m1/s1. The van der Waals surface area contributed by atoms with Gasteiger partial charge in [-0.25, -0.2) is 13.1 Å². The number of nitrogens with one attached hydrogen (secondary N) is 1. The van der Waals surface area contributed by atoms with Crippen molar-refractivity contribution in [2.24, 2.45) is 5.92 Å². The Morgan fingerprint density at radius 3 is 2.78 bits per heavy atom. The molecule has 1 aromatic rings.